The molecule has 0 aromatic rings. The van der Waals surface area contributed by atoms with Gasteiger partial charge in [0.15, 0.2) is 5.85 Å². The van der Waals surface area contributed by atoms with Gasteiger partial charge < -0.3 is 13.7 Å². The molecule has 0 saturated carbocycles. The van der Waals surface area contributed by atoms with Crippen molar-refractivity contribution in [3.8, 4) is 0 Å². The quantitative estimate of drug-likeness (QED) is 0.289. The van der Waals surface area contributed by atoms with Gasteiger partial charge in [-0.3, -0.25) is 4.57 Å². The standard InChI is InChI=1S/C11H23NO4P/c1-6-10(13)16-11(7-2)17(14)15-9-8-12(3,4)5/h6,11,17H,1,7-9H2,2-5H3/q+1. The number of carbonyl (C=O) groups is 1. The van der Waals surface area contributed by atoms with E-state index in [-0.39, 0.29) is 0 Å². The summed E-state index contributed by atoms with van der Waals surface area (Å²) in [6.45, 7) is 6.24. The molecule has 0 radical (unpaired) electrons. The summed E-state index contributed by atoms with van der Waals surface area (Å²) in [5.41, 5.74) is 0. The fourth-order valence-corrected chi connectivity index (χ4v) is 2.02. The van der Waals surface area contributed by atoms with Crippen LogP contribution in [0.2, 0.25) is 0 Å². The van der Waals surface area contributed by atoms with Gasteiger partial charge in [0.2, 0.25) is 8.03 Å². The first-order chi connectivity index (χ1) is 7.80. The van der Waals surface area contributed by atoms with E-state index < -0.39 is 19.8 Å². The Morgan fingerprint density at radius 1 is 1.47 bits per heavy atom. The molecule has 0 aromatic carbocycles. The summed E-state index contributed by atoms with van der Waals surface area (Å²) in [7, 11) is 3.71. The summed E-state index contributed by atoms with van der Waals surface area (Å²) >= 11 is 0. The molecule has 100 valence electrons. The molecule has 0 amide bonds. The fourth-order valence-electron chi connectivity index (χ4n) is 0.999. The second-order valence-electron chi connectivity index (χ2n) is 4.72. The van der Waals surface area contributed by atoms with Crippen LogP contribution in [-0.4, -0.2) is 50.6 Å². The highest BCUT2D eigenvalue weighted by Crippen LogP contribution is 2.32. The summed E-state index contributed by atoms with van der Waals surface area (Å²) in [4.78, 5) is 11.0. The van der Waals surface area contributed by atoms with Gasteiger partial charge in [0.25, 0.3) is 0 Å². The number of hydrogen-bond donors (Lipinski definition) is 0. The van der Waals surface area contributed by atoms with E-state index in [4.69, 9.17) is 9.26 Å². The topological polar surface area (TPSA) is 52.6 Å². The molecule has 0 aliphatic carbocycles. The van der Waals surface area contributed by atoms with Crippen LogP contribution in [0.1, 0.15) is 13.3 Å². The zero-order valence-corrected chi connectivity index (χ0v) is 12.1. The van der Waals surface area contributed by atoms with Crippen molar-refractivity contribution in [2.24, 2.45) is 0 Å². The predicted octanol–water partition coefficient (Wildman–Crippen LogP) is 1.65. The maximum atomic E-state index is 11.8. The van der Waals surface area contributed by atoms with Gasteiger partial charge in [0, 0.05) is 6.08 Å². The maximum Gasteiger partial charge on any atom is 0.330 e. The molecule has 5 nitrogen and oxygen atoms in total. The van der Waals surface area contributed by atoms with Crippen LogP contribution in [0.3, 0.4) is 0 Å². The van der Waals surface area contributed by atoms with Crippen LogP contribution >= 0.6 is 8.03 Å². The van der Waals surface area contributed by atoms with Crippen molar-refractivity contribution >= 4 is 14.0 Å². The minimum absolute atomic E-state index is 0.392. The highest BCUT2D eigenvalue weighted by Gasteiger charge is 2.19. The van der Waals surface area contributed by atoms with E-state index in [0.29, 0.717) is 13.0 Å². The molecule has 2 atom stereocenters. The molecule has 0 bridgehead atoms. The lowest BCUT2D eigenvalue weighted by Crippen LogP contribution is -2.37. The van der Waals surface area contributed by atoms with E-state index in [2.05, 4.69) is 6.58 Å². The maximum absolute atomic E-state index is 11.8. The lowest BCUT2D eigenvalue weighted by molar-refractivity contribution is -0.870. The Bertz CT molecular complexity index is 286. The van der Waals surface area contributed by atoms with Gasteiger partial charge in [0.05, 0.1) is 21.1 Å². The van der Waals surface area contributed by atoms with Crippen LogP contribution in [0.25, 0.3) is 0 Å². The first kappa shape index (κ1) is 16.4. The number of carbonyl (C=O) groups excluding carboxylic acids is 1. The Labute approximate surface area is 104 Å². The molecule has 0 heterocycles. The fraction of sp³-hybridized carbons (Fsp3) is 0.727. The zero-order chi connectivity index (χ0) is 13.5. The number of quaternary nitrogens is 1. The van der Waals surface area contributed by atoms with E-state index in [1.807, 2.05) is 21.1 Å². The van der Waals surface area contributed by atoms with Gasteiger partial charge in [-0.2, -0.15) is 0 Å². The second-order valence-corrected chi connectivity index (χ2v) is 6.29. The molecule has 2 unspecified atom stereocenters. The molecule has 0 saturated heterocycles. The van der Waals surface area contributed by atoms with Crippen molar-refractivity contribution in [3.05, 3.63) is 12.7 Å². The smallest absolute Gasteiger partial charge is 0.330 e. The molecule has 0 aliphatic heterocycles. The van der Waals surface area contributed by atoms with Crippen molar-refractivity contribution in [2.75, 3.05) is 34.3 Å². The molecule has 0 aromatic heterocycles. The van der Waals surface area contributed by atoms with E-state index in [9.17, 15) is 9.36 Å². The number of likely N-dealkylation sites (N-methyl/N-ethyl adjacent to an activating group) is 1. The van der Waals surface area contributed by atoms with Gasteiger partial charge in [0.1, 0.15) is 13.2 Å². The molecular weight excluding hydrogens is 241 g/mol. The lowest BCUT2D eigenvalue weighted by atomic mass is 10.5. The summed E-state index contributed by atoms with van der Waals surface area (Å²) in [5, 5.41) is 0. The average Bonchev–Trinajstić information content (AvgIpc) is 2.23. The Kier molecular flexibility index (Phi) is 7.35. The van der Waals surface area contributed by atoms with Gasteiger partial charge in [-0.1, -0.05) is 13.5 Å². The summed E-state index contributed by atoms with van der Waals surface area (Å²) < 4.78 is 22.7. The number of nitrogens with zero attached hydrogens (tertiary/aromatic N) is 1. The van der Waals surface area contributed by atoms with Crippen molar-refractivity contribution in [2.45, 2.75) is 19.2 Å². The summed E-state index contributed by atoms with van der Waals surface area (Å²) in [6, 6.07) is 0. The average molecular weight is 264 g/mol. The number of esters is 1. The van der Waals surface area contributed by atoms with Crippen LogP contribution in [0.4, 0.5) is 0 Å². The van der Waals surface area contributed by atoms with Gasteiger partial charge in [-0.25, -0.2) is 4.79 Å². The normalized spacial score (nSPS) is 15.1. The largest absolute Gasteiger partial charge is 0.449 e. The van der Waals surface area contributed by atoms with Crippen LogP contribution in [-0.2, 0) is 18.6 Å². The van der Waals surface area contributed by atoms with E-state index in [1.165, 1.54) is 0 Å². The zero-order valence-electron chi connectivity index (χ0n) is 11.1. The first-order valence-electron chi connectivity index (χ1n) is 5.60. The van der Waals surface area contributed by atoms with E-state index >= 15 is 0 Å². The van der Waals surface area contributed by atoms with Crippen LogP contribution in [0.15, 0.2) is 12.7 Å². The van der Waals surface area contributed by atoms with Crippen molar-refractivity contribution in [1.29, 1.82) is 0 Å². The monoisotopic (exact) mass is 264 g/mol. The number of rotatable bonds is 8. The van der Waals surface area contributed by atoms with E-state index in [0.717, 1.165) is 17.1 Å². The van der Waals surface area contributed by atoms with Crippen LogP contribution in [0, 0.1) is 0 Å². The van der Waals surface area contributed by atoms with Crippen LogP contribution < -0.4 is 0 Å². The van der Waals surface area contributed by atoms with Crippen molar-refractivity contribution < 1.29 is 23.1 Å². The molecule has 0 aliphatic rings. The predicted molar refractivity (Wildman–Crippen MR) is 68.2 cm³/mol. The summed E-state index contributed by atoms with van der Waals surface area (Å²) in [6.07, 6.45) is 1.53. The van der Waals surface area contributed by atoms with Crippen LogP contribution in [0.5, 0.6) is 0 Å². The third-order valence-electron chi connectivity index (χ3n) is 2.07. The Balaban J connectivity index is 4.09. The first-order valence-corrected chi connectivity index (χ1v) is 6.99. The van der Waals surface area contributed by atoms with E-state index in [1.54, 1.807) is 6.92 Å². The Hall–Kier alpha value is -0.640. The molecule has 0 rings (SSSR count). The van der Waals surface area contributed by atoms with Gasteiger partial charge in [-0.05, 0) is 6.42 Å². The third-order valence-corrected chi connectivity index (χ3v) is 3.61. The Morgan fingerprint density at radius 3 is 2.47 bits per heavy atom. The molecule has 0 fully saturated rings. The number of hydrogen-bond acceptors (Lipinski definition) is 4. The second kappa shape index (κ2) is 7.64. The highest BCUT2D eigenvalue weighted by molar-refractivity contribution is 7.39. The SMILES string of the molecule is C=CC(=O)OC(CC)[PH](=O)OCC[N+](C)(C)C. The van der Waals surface area contributed by atoms with Crippen molar-refractivity contribution in [3.63, 3.8) is 0 Å². The van der Waals surface area contributed by atoms with Gasteiger partial charge in [-0.15, -0.1) is 0 Å². The molecule has 0 N–H and O–H groups in total. The lowest BCUT2D eigenvalue weighted by Gasteiger charge is -2.24. The van der Waals surface area contributed by atoms with Gasteiger partial charge >= 0.3 is 5.97 Å². The minimum atomic E-state index is -2.36. The molecule has 0 spiro atoms. The molecule has 17 heavy (non-hydrogen) atoms. The molecular formula is C11H23NO4P+. The van der Waals surface area contributed by atoms with Crippen molar-refractivity contribution in [1.82, 2.24) is 0 Å². The highest BCUT2D eigenvalue weighted by atomic mass is 31.1. The number of ether oxygens (including phenoxy) is 1. The summed E-state index contributed by atoms with van der Waals surface area (Å²) in [5.74, 6) is -1.22. The third kappa shape index (κ3) is 8.13. The Morgan fingerprint density at radius 2 is 2.06 bits per heavy atom. The molecule has 6 heteroatoms. The minimum Gasteiger partial charge on any atom is -0.449 e.